The van der Waals surface area contributed by atoms with Gasteiger partial charge < -0.3 is 27.7 Å². The summed E-state index contributed by atoms with van der Waals surface area (Å²) >= 11 is 6.17. The van der Waals surface area contributed by atoms with Crippen LogP contribution in [0.15, 0.2) is 33.2 Å². The van der Waals surface area contributed by atoms with Crippen molar-refractivity contribution >= 4 is 41.9 Å². The quantitative estimate of drug-likeness (QED) is 0.450. The fourth-order valence-corrected chi connectivity index (χ4v) is 1.76. The second kappa shape index (κ2) is 10.6. The summed E-state index contributed by atoms with van der Waals surface area (Å²) in [7, 11) is 0. The Morgan fingerprint density at radius 2 is 1.79 bits per heavy atom. The highest BCUT2D eigenvalue weighted by Gasteiger charge is 2.04. The van der Waals surface area contributed by atoms with Crippen LogP contribution < -0.4 is 27.7 Å². The summed E-state index contributed by atoms with van der Waals surface area (Å²) in [6.07, 6.45) is 0. The second-order valence-corrected chi connectivity index (χ2v) is 5.56. The minimum atomic E-state index is -0.206. The Morgan fingerprint density at radius 3 is 2.33 bits per heavy atom. The fourth-order valence-electron chi connectivity index (χ4n) is 1.50. The van der Waals surface area contributed by atoms with E-state index >= 15 is 0 Å². The molecule has 0 fully saturated rings. The number of nitrogens with zero attached hydrogens (tertiary/aromatic N) is 3. The van der Waals surface area contributed by atoms with Crippen molar-refractivity contribution in [2.24, 2.45) is 43.8 Å². The third-order valence-corrected chi connectivity index (χ3v) is 2.76. The van der Waals surface area contributed by atoms with E-state index in [9.17, 15) is 0 Å². The molecule has 0 bridgehead atoms. The average molecular weight is 376 g/mol. The molecule has 134 valence electrons. The van der Waals surface area contributed by atoms with Crippen molar-refractivity contribution in [2.45, 2.75) is 20.4 Å². The number of halogens is 2. The van der Waals surface area contributed by atoms with Gasteiger partial charge in [-0.05, 0) is 23.6 Å². The SMILES string of the molecule is CC(C)COc1ccc(CN=C(N)/N=C(\N)N=C(N)N)cc1Cl.Cl. The highest BCUT2D eigenvalue weighted by atomic mass is 35.5. The number of aliphatic imine (C=N–C) groups is 3. The van der Waals surface area contributed by atoms with Crippen molar-refractivity contribution in [1.29, 1.82) is 0 Å². The molecule has 0 saturated carbocycles. The van der Waals surface area contributed by atoms with Gasteiger partial charge in [-0.1, -0.05) is 31.5 Å². The van der Waals surface area contributed by atoms with Crippen LogP contribution >= 0.6 is 24.0 Å². The predicted molar refractivity (Wildman–Crippen MR) is 102 cm³/mol. The van der Waals surface area contributed by atoms with E-state index in [2.05, 4.69) is 28.8 Å². The number of benzene rings is 1. The van der Waals surface area contributed by atoms with Crippen LogP contribution in [0.3, 0.4) is 0 Å². The topological polar surface area (TPSA) is 150 Å². The van der Waals surface area contributed by atoms with E-state index in [1.807, 2.05) is 6.07 Å². The smallest absolute Gasteiger partial charge is 0.226 e. The molecule has 0 aliphatic rings. The number of nitrogens with two attached hydrogens (primary N) is 4. The molecule has 0 aliphatic carbocycles. The molecule has 0 amide bonds. The van der Waals surface area contributed by atoms with Crippen molar-refractivity contribution < 1.29 is 4.74 Å². The van der Waals surface area contributed by atoms with E-state index in [1.165, 1.54) is 0 Å². The Balaban J connectivity index is 0.00000529. The molecule has 0 spiro atoms. The molecule has 10 heteroatoms. The van der Waals surface area contributed by atoms with Gasteiger partial charge in [0.05, 0.1) is 18.2 Å². The van der Waals surface area contributed by atoms with Crippen molar-refractivity contribution in [2.75, 3.05) is 6.61 Å². The first-order chi connectivity index (χ1) is 10.8. The minimum Gasteiger partial charge on any atom is -0.492 e. The van der Waals surface area contributed by atoms with E-state index in [1.54, 1.807) is 12.1 Å². The van der Waals surface area contributed by atoms with Gasteiger partial charge in [-0.15, -0.1) is 12.4 Å². The number of ether oxygens (including phenoxy) is 1. The molecule has 0 saturated heterocycles. The van der Waals surface area contributed by atoms with Gasteiger partial charge >= 0.3 is 0 Å². The maximum atomic E-state index is 6.17. The van der Waals surface area contributed by atoms with Crippen molar-refractivity contribution in [3.05, 3.63) is 28.8 Å². The van der Waals surface area contributed by atoms with Gasteiger partial charge in [0.25, 0.3) is 0 Å². The number of guanidine groups is 3. The number of rotatable bonds is 5. The average Bonchev–Trinajstić information content (AvgIpc) is 2.42. The summed E-state index contributed by atoms with van der Waals surface area (Å²) in [4.78, 5) is 11.3. The predicted octanol–water partition coefficient (Wildman–Crippen LogP) is 1.20. The van der Waals surface area contributed by atoms with E-state index in [-0.39, 0.29) is 36.8 Å². The number of hydrogen-bond acceptors (Lipinski definition) is 2. The summed E-state index contributed by atoms with van der Waals surface area (Å²) in [6, 6.07) is 5.40. The van der Waals surface area contributed by atoms with Crippen LogP contribution in [0.2, 0.25) is 5.02 Å². The van der Waals surface area contributed by atoms with Gasteiger partial charge in [-0.2, -0.15) is 9.98 Å². The summed E-state index contributed by atoms with van der Waals surface area (Å²) in [5.74, 6) is 0.646. The molecule has 0 aliphatic heterocycles. The minimum absolute atomic E-state index is 0. The summed E-state index contributed by atoms with van der Waals surface area (Å²) in [6.45, 7) is 5.01. The normalized spacial score (nSPS) is 11.8. The van der Waals surface area contributed by atoms with Crippen molar-refractivity contribution in [1.82, 2.24) is 0 Å². The fraction of sp³-hybridized carbons (Fsp3) is 0.357. The third kappa shape index (κ3) is 8.44. The zero-order valence-corrected chi connectivity index (χ0v) is 15.1. The number of hydrogen-bond donors (Lipinski definition) is 4. The molecule has 0 heterocycles. The first-order valence-electron chi connectivity index (χ1n) is 6.93. The second-order valence-electron chi connectivity index (χ2n) is 5.15. The Hall–Kier alpha value is -2.19. The summed E-state index contributed by atoms with van der Waals surface area (Å²) in [5, 5.41) is 0.514. The molecular weight excluding hydrogens is 353 g/mol. The van der Waals surface area contributed by atoms with Gasteiger partial charge in [0.1, 0.15) is 5.75 Å². The molecule has 8 nitrogen and oxygen atoms in total. The maximum absolute atomic E-state index is 6.17. The van der Waals surface area contributed by atoms with Crippen molar-refractivity contribution in [3.63, 3.8) is 0 Å². The Bertz CT molecular complexity index is 626. The molecule has 1 rings (SSSR count). The first kappa shape index (κ1) is 21.8. The van der Waals surface area contributed by atoms with E-state index < -0.39 is 0 Å². The van der Waals surface area contributed by atoms with E-state index in [0.29, 0.717) is 23.3 Å². The van der Waals surface area contributed by atoms with Gasteiger partial charge in [0.15, 0.2) is 5.96 Å². The molecular formula is C14H23Cl2N7O. The third-order valence-electron chi connectivity index (χ3n) is 2.46. The molecule has 24 heavy (non-hydrogen) atoms. The molecule has 0 radical (unpaired) electrons. The standard InChI is InChI=1S/C14H22ClN7O.ClH/c1-8(2)7-23-11-4-3-9(5-10(11)15)6-20-13(18)22-14(19)21-12(16)17;/h3-5,8H,6-7H2,1-2H3,(H8,16,17,18,19,20,21,22);1H. The van der Waals surface area contributed by atoms with Crippen LogP contribution in [0.25, 0.3) is 0 Å². The lowest BCUT2D eigenvalue weighted by Crippen LogP contribution is -2.27. The first-order valence-corrected chi connectivity index (χ1v) is 7.30. The molecule has 0 aromatic heterocycles. The van der Waals surface area contributed by atoms with Crippen LogP contribution in [0.1, 0.15) is 19.4 Å². The van der Waals surface area contributed by atoms with Crippen molar-refractivity contribution in [3.8, 4) is 5.75 Å². The van der Waals surface area contributed by atoms with Gasteiger partial charge in [0, 0.05) is 0 Å². The maximum Gasteiger partial charge on any atom is 0.226 e. The molecule has 0 unspecified atom stereocenters. The molecule has 0 atom stereocenters. The Labute approximate surface area is 152 Å². The zero-order chi connectivity index (χ0) is 17.4. The van der Waals surface area contributed by atoms with Crippen LogP contribution in [0.5, 0.6) is 5.75 Å². The van der Waals surface area contributed by atoms with E-state index in [4.69, 9.17) is 39.3 Å². The van der Waals surface area contributed by atoms with Crippen LogP contribution in [-0.2, 0) is 6.54 Å². The zero-order valence-electron chi connectivity index (χ0n) is 13.6. The highest BCUT2D eigenvalue weighted by Crippen LogP contribution is 2.26. The van der Waals surface area contributed by atoms with Crippen LogP contribution in [0, 0.1) is 5.92 Å². The largest absolute Gasteiger partial charge is 0.492 e. The van der Waals surface area contributed by atoms with Gasteiger partial charge in [0.2, 0.25) is 11.9 Å². The Morgan fingerprint density at radius 1 is 1.12 bits per heavy atom. The lowest BCUT2D eigenvalue weighted by molar-refractivity contribution is 0.271. The van der Waals surface area contributed by atoms with Crippen LogP contribution in [0.4, 0.5) is 0 Å². The molecule has 8 N–H and O–H groups in total. The highest BCUT2D eigenvalue weighted by molar-refractivity contribution is 6.32. The molecule has 1 aromatic rings. The summed E-state index contributed by atoms with van der Waals surface area (Å²) < 4.78 is 5.60. The monoisotopic (exact) mass is 375 g/mol. The lowest BCUT2D eigenvalue weighted by Gasteiger charge is -2.10. The Kier molecular flexibility index (Phi) is 9.60. The summed E-state index contributed by atoms with van der Waals surface area (Å²) in [5.41, 5.74) is 22.3. The van der Waals surface area contributed by atoms with Crippen LogP contribution in [-0.4, -0.2) is 24.5 Å². The van der Waals surface area contributed by atoms with E-state index in [0.717, 1.165) is 5.56 Å². The van der Waals surface area contributed by atoms with Gasteiger partial charge in [-0.25, -0.2) is 4.99 Å². The van der Waals surface area contributed by atoms with Gasteiger partial charge in [-0.3, -0.25) is 0 Å². The lowest BCUT2D eigenvalue weighted by atomic mass is 10.2. The molecule has 1 aromatic carbocycles.